The van der Waals surface area contributed by atoms with Crippen molar-refractivity contribution in [3.63, 3.8) is 0 Å². The number of amides is 3. The Bertz CT molecular complexity index is 541. The number of hydrogen-bond donors (Lipinski definition) is 9. The third kappa shape index (κ3) is 9.39. The number of carboxylic acid groups (broad SMARTS) is 1. The number of primary amides is 1. The standard InChI is InChI=1S/C13H25N7O6/c14-6(5-21)10(23)20-8(4-9(15)22)11(24)19-7(12(25)26)2-1-3-18-13(16)17/h6-8,21H,1-5,14H2,(H2,15,22)(H,19,24)(H,20,23)(H,25,26)(H4,16,17,18)/t6-,7-,8-/m0/s1. The number of carboxylic acids is 1. The first-order chi connectivity index (χ1) is 12.1. The topological polar surface area (TPSA) is 247 Å². The summed E-state index contributed by atoms with van der Waals surface area (Å²) in [6.45, 7) is -0.459. The van der Waals surface area contributed by atoms with E-state index in [0.29, 0.717) is 0 Å². The van der Waals surface area contributed by atoms with Gasteiger partial charge in [-0.15, -0.1) is 0 Å². The van der Waals surface area contributed by atoms with Gasteiger partial charge < -0.3 is 43.4 Å². The molecule has 0 spiro atoms. The molecule has 0 saturated carbocycles. The zero-order valence-corrected chi connectivity index (χ0v) is 14.0. The number of rotatable bonds is 12. The number of nitrogens with two attached hydrogens (primary N) is 3. The number of carbonyl (C=O) groups excluding carboxylic acids is 3. The van der Waals surface area contributed by atoms with Crippen LogP contribution in [0.25, 0.3) is 0 Å². The highest BCUT2D eigenvalue weighted by molar-refractivity contribution is 5.94. The minimum atomic E-state index is -1.44. The molecule has 0 fully saturated rings. The lowest BCUT2D eigenvalue weighted by Crippen LogP contribution is -2.56. The Labute approximate surface area is 149 Å². The molecule has 13 heteroatoms. The molecule has 0 aromatic heterocycles. The molecule has 148 valence electrons. The van der Waals surface area contributed by atoms with Gasteiger partial charge in [0.15, 0.2) is 5.96 Å². The fourth-order valence-corrected chi connectivity index (χ4v) is 1.83. The van der Waals surface area contributed by atoms with Crippen molar-refractivity contribution in [1.82, 2.24) is 16.0 Å². The summed E-state index contributed by atoms with van der Waals surface area (Å²) in [7, 11) is 0. The van der Waals surface area contributed by atoms with Crippen molar-refractivity contribution in [2.24, 2.45) is 17.2 Å². The van der Waals surface area contributed by atoms with Crippen LogP contribution in [0.2, 0.25) is 0 Å². The van der Waals surface area contributed by atoms with Crippen molar-refractivity contribution in [1.29, 1.82) is 5.41 Å². The summed E-state index contributed by atoms with van der Waals surface area (Å²) < 4.78 is 0. The van der Waals surface area contributed by atoms with Crippen LogP contribution in [0.1, 0.15) is 19.3 Å². The second-order valence-corrected chi connectivity index (χ2v) is 5.40. The normalized spacial score (nSPS) is 13.8. The number of aliphatic hydroxyl groups is 1. The minimum absolute atomic E-state index is 0.00868. The van der Waals surface area contributed by atoms with Gasteiger partial charge in [-0.3, -0.25) is 19.8 Å². The summed E-state index contributed by atoms with van der Waals surface area (Å²) in [6, 6.07) is -4.05. The van der Waals surface area contributed by atoms with Crippen LogP contribution in [0.5, 0.6) is 0 Å². The summed E-state index contributed by atoms with van der Waals surface area (Å²) >= 11 is 0. The van der Waals surface area contributed by atoms with Crippen LogP contribution in [0.4, 0.5) is 0 Å². The highest BCUT2D eigenvalue weighted by atomic mass is 16.4. The molecule has 0 aromatic rings. The predicted molar refractivity (Wildman–Crippen MR) is 89.5 cm³/mol. The Morgan fingerprint density at radius 1 is 1.04 bits per heavy atom. The number of aliphatic carboxylic acids is 1. The Morgan fingerprint density at radius 2 is 1.62 bits per heavy atom. The van der Waals surface area contributed by atoms with Crippen LogP contribution < -0.4 is 33.2 Å². The maximum Gasteiger partial charge on any atom is 0.326 e. The van der Waals surface area contributed by atoms with Gasteiger partial charge in [0, 0.05) is 6.54 Å². The van der Waals surface area contributed by atoms with Crippen LogP contribution in [0.15, 0.2) is 0 Å². The van der Waals surface area contributed by atoms with Gasteiger partial charge in [0.05, 0.1) is 13.0 Å². The van der Waals surface area contributed by atoms with Gasteiger partial charge in [-0.25, -0.2) is 4.79 Å². The maximum absolute atomic E-state index is 12.2. The molecule has 3 amide bonds. The third-order valence-corrected chi connectivity index (χ3v) is 3.17. The molecule has 3 atom stereocenters. The number of guanidine groups is 1. The van der Waals surface area contributed by atoms with E-state index in [0.717, 1.165) is 0 Å². The monoisotopic (exact) mass is 375 g/mol. The first kappa shape index (κ1) is 23.1. The van der Waals surface area contributed by atoms with Crippen LogP contribution in [-0.4, -0.2) is 71.1 Å². The molecule has 26 heavy (non-hydrogen) atoms. The van der Waals surface area contributed by atoms with Crippen molar-refractivity contribution < 1.29 is 29.4 Å². The zero-order valence-electron chi connectivity index (χ0n) is 14.0. The second-order valence-electron chi connectivity index (χ2n) is 5.40. The van der Waals surface area contributed by atoms with Gasteiger partial charge in [0.1, 0.15) is 18.1 Å². The molecule has 12 N–H and O–H groups in total. The Kier molecular flexibility index (Phi) is 10.3. The number of aliphatic hydroxyl groups excluding tert-OH is 1. The van der Waals surface area contributed by atoms with Crippen LogP contribution in [0.3, 0.4) is 0 Å². The largest absolute Gasteiger partial charge is 0.480 e. The smallest absolute Gasteiger partial charge is 0.326 e. The van der Waals surface area contributed by atoms with Gasteiger partial charge in [-0.05, 0) is 12.8 Å². The molecule has 0 aliphatic rings. The molecule has 0 aliphatic carbocycles. The van der Waals surface area contributed by atoms with Gasteiger partial charge in [0.2, 0.25) is 17.7 Å². The van der Waals surface area contributed by atoms with Gasteiger partial charge in [-0.1, -0.05) is 0 Å². The Morgan fingerprint density at radius 3 is 2.08 bits per heavy atom. The molecule has 0 bridgehead atoms. The van der Waals surface area contributed by atoms with E-state index in [9.17, 15) is 19.2 Å². The quantitative estimate of drug-likeness (QED) is 0.0904. The van der Waals surface area contributed by atoms with Crippen molar-refractivity contribution in [2.75, 3.05) is 13.2 Å². The third-order valence-electron chi connectivity index (χ3n) is 3.17. The minimum Gasteiger partial charge on any atom is -0.480 e. The van der Waals surface area contributed by atoms with Gasteiger partial charge in [-0.2, -0.15) is 0 Å². The molecule has 0 aromatic carbocycles. The lowest BCUT2D eigenvalue weighted by Gasteiger charge is -2.21. The van der Waals surface area contributed by atoms with Crippen molar-refractivity contribution in [3.05, 3.63) is 0 Å². The highest BCUT2D eigenvalue weighted by Crippen LogP contribution is 2.01. The van der Waals surface area contributed by atoms with Crippen molar-refractivity contribution in [3.8, 4) is 0 Å². The molecular formula is C13H25N7O6. The summed E-state index contributed by atoms with van der Waals surface area (Å²) in [6.07, 6.45) is -0.290. The molecule has 0 unspecified atom stereocenters. The Hall–Kier alpha value is -2.93. The first-order valence-corrected chi connectivity index (χ1v) is 7.64. The van der Waals surface area contributed by atoms with Crippen molar-refractivity contribution >= 4 is 29.7 Å². The zero-order chi connectivity index (χ0) is 20.3. The maximum atomic E-state index is 12.2. The summed E-state index contributed by atoms with van der Waals surface area (Å²) in [4.78, 5) is 46.2. The number of carbonyl (C=O) groups is 4. The first-order valence-electron chi connectivity index (χ1n) is 7.64. The van der Waals surface area contributed by atoms with Crippen molar-refractivity contribution in [2.45, 2.75) is 37.4 Å². The lowest BCUT2D eigenvalue weighted by molar-refractivity contribution is -0.142. The van der Waals surface area contributed by atoms with E-state index in [1.807, 2.05) is 0 Å². The average Bonchev–Trinajstić information content (AvgIpc) is 2.54. The molecule has 0 saturated heterocycles. The molecule has 0 rings (SSSR count). The molecule has 13 nitrogen and oxygen atoms in total. The fourth-order valence-electron chi connectivity index (χ4n) is 1.83. The number of hydrogen-bond acceptors (Lipinski definition) is 7. The summed E-state index contributed by atoms with van der Waals surface area (Å²) in [5, 5.41) is 31.8. The van der Waals surface area contributed by atoms with E-state index in [-0.39, 0.29) is 25.3 Å². The van der Waals surface area contributed by atoms with Crippen LogP contribution in [0, 0.1) is 5.41 Å². The van der Waals surface area contributed by atoms with E-state index in [1.165, 1.54) is 0 Å². The lowest BCUT2D eigenvalue weighted by atomic mass is 10.1. The SMILES string of the molecule is N=C(N)NCCC[C@H](NC(=O)[C@H](CC(N)=O)NC(=O)[C@@H](N)CO)C(=O)O. The molecule has 0 heterocycles. The van der Waals surface area contributed by atoms with Crippen LogP contribution >= 0.6 is 0 Å². The molecule has 0 radical (unpaired) electrons. The highest BCUT2D eigenvalue weighted by Gasteiger charge is 2.28. The second kappa shape index (κ2) is 11.6. The van der Waals surface area contributed by atoms with Gasteiger partial charge >= 0.3 is 5.97 Å². The van der Waals surface area contributed by atoms with E-state index >= 15 is 0 Å². The van der Waals surface area contributed by atoms with Gasteiger partial charge in [0.25, 0.3) is 0 Å². The summed E-state index contributed by atoms with van der Waals surface area (Å²) in [5.41, 5.74) is 15.4. The van der Waals surface area contributed by atoms with Crippen LogP contribution in [-0.2, 0) is 19.2 Å². The van der Waals surface area contributed by atoms with E-state index in [2.05, 4.69) is 16.0 Å². The van der Waals surface area contributed by atoms with E-state index < -0.39 is 54.8 Å². The predicted octanol–water partition coefficient (Wildman–Crippen LogP) is -4.50. The fraction of sp³-hybridized carbons (Fsp3) is 0.615. The van der Waals surface area contributed by atoms with E-state index in [4.69, 9.17) is 32.8 Å². The Balaban J connectivity index is 4.88. The van der Waals surface area contributed by atoms with E-state index in [1.54, 1.807) is 0 Å². The molecular weight excluding hydrogens is 350 g/mol. The summed E-state index contributed by atoms with van der Waals surface area (Å²) in [5.74, 6) is -4.33. The molecule has 0 aliphatic heterocycles. The number of nitrogens with one attached hydrogen (secondary N) is 4. The average molecular weight is 375 g/mol.